The Morgan fingerprint density at radius 3 is 2.35 bits per heavy atom. The average molecular weight is 262 g/mol. The van der Waals surface area contributed by atoms with Crippen molar-refractivity contribution in [1.82, 2.24) is 10.2 Å². The van der Waals surface area contributed by atoms with E-state index >= 15 is 0 Å². The molecule has 0 unspecified atom stereocenters. The summed E-state index contributed by atoms with van der Waals surface area (Å²) in [5.74, 6) is -0.814. The summed E-state index contributed by atoms with van der Waals surface area (Å²) in [7, 11) is 0. The molecule has 6 nitrogen and oxygen atoms in total. The molecule has 0 aromatic rings. The van der Waals surface area contributed by atoms with Crippen molar-refractivity contribution in [3.05, 3.63) is 0 Å². The van der Waals surface area contributed by atoms with Gasteiger partial charge in [0.15, 0.2) is 0 Å². The molecular formula is C10H16ClN3O3. The van der Waals surface area contributed by atoms with Crippen molar-refractivity contribution >= 4 is 29.4 Å². The number of carbonyl (C=O) groups is 3. The Bertz CT molecular complexity index is 314. The Labute approximate surface area is 104 Å². The molecule has 4 amide bonds. The number of nitrogens with two attached hydrogens (primary N) is 1. The van der Waals surface area contributed by atoms with Crippen molar-refractivity contribution in [1.29, 1.82) is 0 Å². The summed E-state index contributed by atoms with van der Waals surface area (Å²) in [6.07, 6.45) is 1.81. The minimum absolute atomic E-state index is 0.232. The van der Waals surface area contributed by atoms with Gasteiger partial charge in [0.25, 0.3) is 0 Å². The second-order valence-electron chi connectivity index (χ2n) is 4.09. The van der Waals surface area contributed by atoms with Gasteiger partial charge in [0, 0.05) is 19.5 Å². The average Bonchev–Trinajstić information content (AvgIpc) is 2.28. The second-order valence-corrected chi connectivity index (χ2v) is 4.36. The lowest BCUT2D eigenvalue weighted by Gasteiger charge is -2.31. The van der Waals surface area contributed by atoms with Gasteiger partial charge in [-0.25, -0.2) is 4.79 Å². The number of hydrogen-bond donors (Lipinski definition) is 2. The Morgan fingerprint density at radius 1 is 1.29 bits per heavy atom. The van der Waals surface area contributed by atoms with Crippen LogP contribution in [0.5, 0.6) is 0 Å². The molecule has 0 atom stereocenters. The maximum Gasteiger partial charge on any atom is 0.324 e. The van der Waals surface area contributed by atoms with Crippen LogP contribution < -0.4 is 11.1 Å². The van der Waals surface area contributed by atoms with Crippen LogP contribution in [0, 0.1) is 5.92 Å². The van der Waals surface area contributed by atoms with E-state index in [2.05, 4.69) is 5.32 Å². The first kappa shape index (κ1) is 13.8. The van der Waals surface area contributed by atoms with Gasteiger partial charge < -0.3 is 10.6 Å². The van der Waals surface area contributed by atoms with E-state index in [-0.39, 0.29) is 17.7 Å². The summed E-state index contributed by atoms with van der Waals surface area (Å²) in [6, 6.07) is -0.423. The molecule has 1 saturated heterocycles. The van der Waals surface area contributed by atoms with Crippen LogP contribution in [0.1, 0.15) is 19.3 Å². The van der Waals surface area contributed by atoms with Crippen LogP contribution in [-0.4, -0.2) is 41.7 Å². The summed E-state index contributed by atoms with van der Waals surface area (Å²) >= 11 is 5.28. The van der Waals surface area contributed by atoms with Crippen LogP contribution in [0.25, 0.3) is 0 Å². The molecule has 0 aliphatic carbocycles. The topological polar surface area (TPSA) is 92.5 Å². The van der Waals surface area contributed by atoms with E-state index in [9.17, 15) is 14.4 Å². The molecule has 0 bridgehead atoms. The highest BCUT2D eigenvalue weighted by Crippen LogP contribution is 2.19. The van der Waals surface area contributed by atoms with Crippen LogP contribution in [0.15, 0.2) is 0 Å². The predicted octanol–water partition coefficient (Wildman–Crippen LogP) is 0.0488. The lowest BCUT2D eigenvalue weighted by molar-refractivity contribution is -0.119. The van der Waals surface area contributed by atoms with Crippen LogP contribution >= 0.6 is 11.6 Å². The van der Waals surface area contributed by atoms with Crippen LogP contribution in [0.3, 0.4) is 0 Å². The third-order valence-corrected chi connectivity index (χ3v) is 3.00. The molecule has 0 spiro atoms. The number of likely N-dealkylation sites (tertiary alicyclic amines) is 1. The maximum absolute atomic E-state index is 11.5. The Balaban J connectivity index is 2.33. The number of carbonyl (C=O) groups excluding carboxylic acids is 3. The number of nitrogens with zero attached hydrogens (tertiary/aromatic N) is 1. The SMILES string of the molecule is NC(=O)CC1CCN(C(=O)NC(=O)CCl)CC1. The number of primary amides is 1. The standard InChI is InChI=1S/C10H16ClN3O3/c11-6-9(16)13-10(17)14-3-1-7(2-4-14)5-8(12)15/h7H,1-6H2,(H2,12,15)(H,13,16,17). The zero-order valence-corrected chi connectivity index (χ0v) is 10.2. The molecular weight excluding hydrogens is 246 g/mol. The van der Waals surface area contributed by atoms with Crippen molar-refractivity contribution in [2.45, 2.75) is 19.3 Å². The number of halogens is 1. The number of nitrogens with one attached hydrogen (secondary N) is 1. The van der Waals surface area contributed by atoms with E-state index in [0.717, 1.165) is 12.8 Å². The smallest absolute Gasteiger partial charge is 0.324 e. The maximum atomic E-state index is 11.5. The van der Waals surface area contributed by atoms with E-state index in [4.69, 9.17) is 17.3 Å². The molecule has 7 heteroatoms. The summed E-state index contributed by atoms with van der Waals surface area (Å²) in [4.78, 5) is 34.7. The molecule has 1 aliphatic rings. The molecule has 1 heterocycles. The molecule has 96 valence electrons. The largest absolute Gasteiger partial charge is 0.370 e. The number of piperidine rings is 1. The van der Waals surface area contributed by atoms with Gasteiger partial charge >= 0.3 is 6.03 Å². The highest BCUT2D eigenvalue weighted by atomic mass is 35.5. The van der Waals surface area contributed by atoms with Crippen molar-refractivity contribution in [2.75, 3.05) is 19.0 Å². The summed E-state index contributed by atoms with van der Waals surface area (Å²) in [5.41, 5.74) is 5.11. The summed E-state index contributed by atoms with van der Waals surface area (Å²) in [5, 5.41) is 2.18. The monoisotopic (exact) mass is 261 g/mol. The van der Waals surface area contributed by atoms with E-state index in [0.29, 0.717) is 19.5 Å². The number of alkyl halides is 1. The van der Waals surface area contributed by atoms with Crippen molar-refractivity contribution in [2.24, 2.45) is 11.7 Å². The molecule has 0 radical (unpaired) electrons. The first-order valence-corrected chi connectivity index (χ1v) is 5.99. The molecule has 1 fully saturated rings. The first-order valence-electron chi connectivity index (χ1n) is 5.46. The Hall–Kier alpha value is -1.30. The van der Waals surface area contributed by atoms with Crippen LogP contribution in [0.2, 0.25) is 0 Å². The van der Waals surface area contributed by atoms with Gasteiger partial charge in [-0.1, -0.05) is 0 Å². The quantitative estimate of drug-likeness (QED) is 0.703. The van der Waals surface area contributed by atoms with E-state index in [1.54, 1.807) is 4.90 Å². The van der Waals surface area contributed by atoms with E-state index < -0.39 is 11.9 Å². The molecule has 1 rings (SSSR count). The lowest BCUT2D eigenvalue weighted by atomic mass is 9.93. The van der Waals surface area contributed by atoms with Gasteiger partial charge in [-0.15, -0.1) is 11.6 Å². The molecule has 3 N–H and O–H groups in total. The lowest BCUT2D eigenvalue weighted by Crippen LogP contribution is -2.47. The van der Waals surface area contributed by atoms with Gasteiger partial charge in [-0.3, -0.25) is 14.9 Å². The fourth-order valence-corrected chi connectivity index (χ4v) is 1.92. The number of urea groups is 1. The minimum atomic E-state index is -0.504. The van der Waals surface area contributed by atoms with Gasteiger partial charge in [-0.2, -0.15) is 0 Å². The van der Waals surface area contributed by atoms with Crippen molar-refractivity contribution < 1.29 is 14.4 Å². The number of amides is 4. The number of imide groups is 1. The second kappa shape index (κ2) is 6.44. The van der Waals surface area contributed by atoms with Crippen LogP contribution in [0.4, 0.5) is 4.79 Å². The Kier molecular flexibility index (Phi) is 5.21. The van der Waals surface area contributed by atoms with Gasteiger partial charge in [0.05, 0.1) is 0 Å². The zero-order valence-electron chi connectivity index (χ0n) is 9.45. The molecule has 0 saturated carbocycles. The van der Waals surface area contributed by atoms with Crippen LogP contribution in [-0.2, 0) is 9.59 Å². The van der Waals surface area contributed by atoms with E-state index in [1.165, 1.54) is 0 Å². The summed E-state index contributed by atoms with van der Waals surface area (Å²) in [6.45, 7) is 1.05. The molecule has 0 aromatic heterocycles. The van der Waals surface area contributed by atoms with Crippen molar-refractivity contribution in [3.63, 3.8) is 0 Å². The highest BCUT2D eigenvalue weighted by Gasteiger charge is 2.24. The molecule has 1 aliphatic heterocycles. The fourth-order valence-electron chi connectivity index (χ4n) is 1.86. The van der Waals surface area contributed by atoms with E-state index in [1.807, 2.05) is 0 Å². The minimum Gasteiger partial charge on any atom is -0.370 e. The highest BCUT2D eigenvalue weighted by molar-refractivity contribution is 6.28. The van der Waals surface area contributed by atoms with Gasteiger partial charge in [-0.05, 0) is 18.8 Å². The third kappa shape index (κ3) is 4.60. The molecule has 0 aromatic carbocycles. The van der Waals surface area contributed by atoms with Gasteiger partial charge in [0.2, 0.25) is 11.8 Å². The zero-order chi connectivity index (χ0) is 12.8. The molecule has 17 heavy (non-hydrogen) atoms. The Morgan fingerprint density at radius 2 is 1.88 bits per heavy atom. The predicted molar refractivity (Wildman–Crippen MR) is 62.4 cm³/mol. The van der Waals surface area contributed by atoms with Crippen molar-refractivity contribution in [3.8, 4) is 0 Å². The number of rotatable bonds is 3. The van der Waals surface area contributed by atoms with Gasteiger partial charge in [0.1, 0.15) is 5.88 Å². The first-order chi connectivity index (χ1) is 8.02. The fraction of sp³-hybridized carbons (Fsp3) is 0.700. The third-order valence-electron chi connectivity index (χ3n) is 2.76. The normalized spacial score (nSPS) is 16.6. The summed E-state index contributed by atoms with van der Waals surface area (Å²) < 4.78 is 0. The number of hydrogen-bond acceptors (Lipinski definition) is 3.